The molecule has 0 aromatic heterocycles. The molecular formula is C65H108O12. The summed E-state index contributed by atoms with van der Waals surface area (Å²) in [6, 6.07) is 0. The Hall–Kier alpha value is -4.09. The van der Waals surface area contributed by atoms with E-state index in [9.17, 15) is 33.6 Å². The lowest BCUT2D eigenvalue weighted by molar-refractivity contribution is -0.167. The Bertz CT molecular complexity index is 1590. The number of carbonyl (C=O) groups excluding carboxylic acids is 7. The fraction of sp³-hybridized carbons (Fsp3) is 0.800. The highest BCUT2D eigenvalue weighted by Crippen LogP contribution is 2.32. The van der Waals surface area contributed by atoms with Crippen LogP contribution in [0.5, 0.6) is 0 Å². The van der Waals surface area contributed by atoms with Crippen molar-refractivity contribution >= 4 is 41.8 Å². The second-order valence-corrected chi connectivity index (χ2v) is 22.2. The first-order valence-corrected chi connectivity index (χ1v) is 31.6. The maximum absolute atomic E-state index is 13.0. The second-order valence-electron chi connectivity index (χ2n) is 22.2. The lowest BCUT2D eigenvalue weighted by Gasteiger charge is -2.18. The molecule has 4 unspecified atom stereocenters. The zero-order chi connectivity index (χ0) is 55.8. The van der Waals surface area contributed by atoms with E-state index in [4.69, 9.17) is 23.7 Å². The van der Waals surface area contributed by atoms with Crippen molar-refractivity contribution < 1.29 is 57.2 Å². The molecule has 4 atom stereocenters. The number of ether oxygens (including phenoxy) is 5. The molecule has 0 saturated carbocycles. The topological polar surface area (TPSA) is 166 Å². The van der Waals surface area contributed by atoms with E-state index in [0.29, 0.717) is 19.3 Å². The molecule has 0 aliphatic carbocycles. The molecule has 12 heteroatoms. The molecule has 12 nitrogen and oxygen atoms in total. The van der Waals surface area contributed by atoms with Gasteiger partial charge in [-0.2, -0.15) is 0 Å². The summed E-state index contributed by atoms with van der Waals surface area (Å²) in [4.78, 5) is 87.3. The highest BCUT2D eigenvalue weighted by atomic mass is 16.6. The smallest absolute Gasteiger partial charge is 0.317 e. The molecule has 2 saturated heterocycles. The first-order chi connectivity index (χ1) is 37.6. The Labute approximate surface area is 467 Å². The van der Waals surface area contributed by atoms with Crippen LogP contribution < -0.4 is 0 Å². The highest BCUT2D eigenvalue weighted by Gasteiger charge is 2.39. The average Bonchev–Trinajstić information content (AvgIpc) is 3.95. The summed E-state index contributed by atoms with van der Waals surface area (Å²) in [5.74, 6) is -3.76. The lowest BCUT2D eigenvalue weighted by Crippen LogP contribution is -2.30. The third-order valence-corrected chi connectivity index (χ3v) is 15.2. The molecule has 2 rings (SSSR count). The molecule has 2 fully saturated rings. The molecule has 0 N–H and O–H groups in total. The number of allylic oxidation sites excluding steroid dienone is 6. The van der Waals surface area contributed by atoms with Crippen LogP contribution in [0.25, 0.3) is 0 Å². The molecule has 0 aromatic rings. The van der Waals surface area contributed by atoms with Gasteiger partial charge >= 0.3 is 41.8 Å². The number of hydrogen-bond acceptors (Lipinski definition) is 12. The van der Waals surface area contributed by atoms with Crippen LogP contribution in [0, 0.1) is 23.7 Å². The van der Waals surface area contributed by atoms with Gasteiger partial charge in [0.2, 0.25) is 0 Å². The van der Waals surface area contributed by atoms with Gasteiger partial charge in [-0.1, -0.05) is 211 Å². The van der Waals surface area contributed by atoms with E-state index in [1.165, 1.54) is 89.9 Å². The average molecular weight is 1080 g/mol. The number of hydrogen-bond donors (Lipinski definition) is 0. The molecule has 0 amide bonds. The van der Waals surface area contributed by atoms with Gasteiger partial charge in [0.25, 0.3) is 0 Å². The normalized spacial score (nSPS) is 16.9. The predicted octanol–water partition coefficient (Wildman–Crippen LogP) is 16.7. The van der Waals surface area contributed by atoms with Crippen LogP contribution in [0.15, 0.2) is 36.5 Å². The van der Waals surface area contributed by atoms with Crippen molar-refractivity contribution in [1.82, 2.24) is 0 Å². The fourth-order valence-electron chi connectivity index (χ4n) is 10.4. The Balaban J connectivity index is 1.77. The van der Waals surface area contributed by atoms with Gasteiger partial charge < -0.3 is 23.7 Å². The first-order valence-electron chi connectivity index (χ1n) is 31.6. The second kappa shape index (κ2) is 47.9. The summed E-state index contributed by atoms with van der Waals surface area (Å²) in [5.41, 5.74) is 0. The van der Waals surface area contributed by atoms with Crippen LogP contribution >= 0.6 is 0 Å². The molecule has 2 heterocycles. The van der Waals surface area contributed by atoms with Crippen molar-refractivity contribution in [3.8, 4) is 0 Å². The summed E-state index contributed by atoms with van der Waals surface area (Å²) >= 11 is 0. The number of esters is 7. The molecule has 2 aliphatic rings. The molecule has 440 valence electrons. The van der Waals surface area contributed by atoms with Crippen LogP contribution in [-0.4, -0.2) is 61.1 Å². The maximum Gasteiger partial charge on any atom is 0.317 e. The Morgan fingerprint density at radius 1 is 0.416 bits per heavy atom. The van der Waals surface area contributed by atoms with Gasteiger partial charge in [-0.3, -0.25) is 33.6 Å². The molecule has 0 spiro atoms. The molecular weight excluding hydrogens is 973 g/mol. The van der Waals surface area contributed by atoms with Gasteiger partial charge in [-0.15, -0.1) is 0 Å². The number of rotatable bonds is 52. The zero-order valence-electron chi connectivity index (χ0n) is 48.9. The van der Waals surface area contributed by atoms with Crippen molar-refractivity contribution in [2.24, 2.45) is 23.7 Å². The lowest BCUT2D eigenvalue weighted by atomic mass is 9.86. The van der Waals surface area contributed by atoms with Crippen molar-refractivity contribution in [2.75, 3.05) is 13.2 Å². The van der Waals surface area contributed by atoms with Crippen LogP contribution in [0.3, 0.4) is 0 Å². The van der Waals surface area contributed by atoms with Gasteiger partial charge in [-0.25, -0.2) is 0 Å². The highest BCUT2D eigenvalue weighted by molar-refractivity contribution is 5.95. The van der Waals surface area contributed by atoms with E-state index in [2.05, 4.69) is 57.2 Å². The minimum atomic E-state index is -0.899. The summed E-state index contributed by atoms with van der Waals surface area (Å²) in [5, 5.41) is 0. The number of cyclic esters (lactones) is 4. The minimum absolute atomic E-state index is 0.0204. The molecule has 77 heavy (non-hydrogen) atoms. The van der Waals surface area contributed by atoms with E-state index in [1.807, 2.05) is 0 Å². The Kier molecular flexibility index (Phi) is 42.9. The maximum atomic E-state index is 13.0. The third kappa shape index (κ3) is 37.4. The minimum Gasteiger partial charge on any atom is -0.462 e. The third-order valence-electron chi connectivity index (χ3n) is 15.2. The van der Waals surface area contributed by atoms with Crippen molar-refractivity contribution in [3.05, 3.63) is 36.5 Å². The number of carbonyl (C=O) groups is 7. The van der Waals surface area contributed by atoms with E-state index in [0.717, 1.165) is 128 Å². The van der Waals surface area contributed by atoms with Gasteiger partial charge in [0, 0.05) is 19.3 Å². The quantitative estimate of drug-likeness (QED) is 0.0186. The van der Waals surface area contributed by atoms with Gasteiger partial charge in [0.1, 0.15) is 13.2 Å². The predicted molar refractivity (Wildman–Crippen MR) is 306 cm³/mol. The molecule has 0 radical (unpaired) electrons. The Morgan fingerprint density at radius 2 is 0.727 bits per heavy atom. The summed E-state index contributed by atoms with van der Waals surface area (Å²) < 4.78 is 26.7. The van der Waals surface area contributed by atoms with Crippen LogP contribution in [0.2, 0.25) is 0 Å². The van der Waals surface area contributed by atoms with Crippen LogP contribution in [-0.2, 0) is 57.2 Å². The zero-order valence-corrected chi connectivity index (χ0v) is 48.9. The first kappa shape index (κ1) is 69.0. The molecule has 2 aliphatic heterocycles. The standard InChI is InChI=1S/C65H108O12/c1-4-7-10-13-16-17-18-19-20-21-22-23-26-33-42-49-61(68)75-56(52-73-59(66)47-40-34-27-31-38-45-54(57-50-62(69)76-64(57)71)43-36-29-24-14-11-8-5-2)53-74-60(67)48-41-35-28-32-39-46-55(58-51-63(70)77-65(58)72)44-37-30-25-15-12-9-6-3/h19-20,36-37,43-44,54-58H,4-18,21-35,38-42,45-53H2,1-3H3/b20-19+,43-36+,44-37+. The van der Waals surface area contributed by atoms with E-state index in [1.54, 1.807) is 0 Å². The summed E-state index contributed by atoms with van der Waals surface area (Å²) in [6.45, 7) is 6.28. The van der Waals surface area contributed by atoms with Crippen LogP contribution in [0.4, 0.5) is 0 Å². The van der Waals surface area contributed by atoms with Crippen molar-refractivity contribution in [2.45, 2.75) is 297 Å². The van der Waals surface area contributed by atoms with Gasteiger partial charge in [0.15, 0.2) is 6.10 Å². The number of unbranched alkanes of at least 4 members (excludes halogenated alkanes) is 29. The van der Waals surface area contributed by atoms with Gasteiger partial charge in [-0.05, 0) is 95.3 Å². The largest absolute Gasteiger partial charge is 0.462 e. The molecule has 0 bridgehead atoms. The van der Waals surface area contributed by atoms with E-state index in [-0.39, 0.29) is 57.2 Å². The van der Waals surface area contributed by atoms with Crippen molar-refractivity contribution in [3.63, 3.8) is 0 Å². The summed E-state index contributed by atoms with van der Waals surface area (Å²) in [6.07, 6.45) is 52.4. The molecule has 0 aromatic carbocycles. The monoisotopic (exact) mass is 1080 g/mol. The fourth-order valence-corrected chi connectivity index (χ4v) is 10.4. The van der Waals surface area contributed by atoms with E-state index < -0.39 is 59.7 Å². The van der Waals surface area contributed by atoms with E-state index >= 15 is 0 Å². The van der Waals surface area contributed by atoms with Gasteiger partial charge in [0.05, 0.1) is 24.7 Å². The van der Waals surface area contributed by atoms with Crippen molar-refractivity contribution in [1.29, 1.82) is 0 Å². The Morgan fingerprint density at radius 3 is 1.08 bits per heavy atom. The summed E-state index contributed by atoms with van der Waals surface area (Å²) in [7, 11) is 0. The van der Waals surface area contributed by atoms with Crippen LogP contribution in [0.1, 0.15) is 290 Å². The SMILES string of the molecule is CCCCCCC/C=C/C(CCCCCCCC(=O)OCC(COC(=O)CCCCCCCC(/C=C/CCCCCCC)C1CC(=O)OC1=O)OC(=O)CCCCCCC/C=C/CCCCCCCC)C1CC(=O)OC1=O.